The van der Waals surface area contributed by atoms with Crippen LogP contribution in [0.1, 0.15) is 17.7 Å². The van der Waals surface area contributed by atoms with Gasteiger partial charge in [-0.15, -0.1) is 0 Å². The van der Waals surface area contributed by atoms with Gasteiger partial charge >= 0.3 is 0 Å². The maximum absolute atomic E-state index is 6.08. The van der Waals surface area contributed by atoms with Gasteiger partial charge < -0.3 is 10.6 Å². The Hall–Kier alpha value is -1.59. The number of hydrogen-bond donors (Lipinski definition) is 2. The molecule has 0 amide bonds. The molecular formula is C15H19ClN4S. The molecule has 1 aromatic carbocycles. The minimum atomic E-state index is 0.608. The Balaban J connectivity index is 1.73. The van der Waals surface area contributed by atoms with E-state index in [0.29, 0.717) is 5.11 Å². The zero-order chi connectivity index (χ0) is 15.2. The van der Waals surface area contributed by atoms with Crippen molar-refractivity contribution in [3.8, 4) is 0 Å². The fraction of sp³-hybridized carbons (Fsp3) is 0.333. The van der Waals surface area contributed by atoms with E-state index in [-0.39, 0.29) is 0 Å². The lowest BCUT2D eigenvalue weighted by Crippen LogP contribution is -2.30. The lowest BCUT2D eigenvalue weighted by molar-refractivity contribution is 0.570. The van der Waals surface area contributed by atoms with E-state index in [1.165, 1.54) is 0 Å². The summed E-state index contributed by atoms with van der Waals surface area (Å²) in [4.78, 5) is 0. The van der Waals surface area contributed by atoms with Gasteiger partial charge in [0.15, 0.2) is 5.11 Å². The second-order valence-electron chi connectivity index (χ2n) is 4.87. The van der Waals surface area contributed by atoms with Crippen LogP contribution in [0.5, 0.6) is 0 Å². The highest BCUT2D eigenvalue weighted by molar-refractivity contribution is 7.80. The van der Waals surface area contributed by atoms with E-state index < -0.39 is 0 Å². The van der Waals surface area contributed by atoms with Crippen molar-refractivity contribution >= 4 is 34.6 Å². The molecule has 0 saturated heterocycles. The minimum absolute atomic E-state index is 0.608. The van der Waals surface area contributed by atoms with Crippen LogP contribution >= 0.6 is 23.8 Å². The average molecular weight is 323 g/mol. The first-order valence-electron chi connectivity index (χ1n) is 6.86. The molecule has 2 aromatic rings. The zero-order valence-corrected chi connectivity index (χ0v) is 13.8. The summed E-state index contributed by atoms with van der Waals surface area (Å²) in [5.41, 5.74) is 2.97. The third-order valence-electron chi connectivity index (χ3n) is 3.14. The first-order chi connectivity index (χ1) is 10.1. The predicted octanol–water partition coefficient (Wildman–Crippen LogP) is 3.53. The molecule has 2 N–H and O–H groups in total. The molecule has 6 heteroatoms. The fourth-order valence-corrected chi connectivity index (χ4v) is 2.33. The molecule has 4 nitrogen and oxygen atoms in total. The Morgan fingerprint density at radius 1 is 1.33 bits per heavy atom. The van der Waals surface area contributed by atoms with Crippen molar-refractivity contribution in [2.75, 3.05) is 11.9 Å². The van der Waals surface area contributed by atoms with Crippen molar-refractivity contribution < 1.29 is 0 Å². The highest BCUT2D eigenvalue weighted by Crippen LogP contribution is 2.22. The van der Waals surface area contributed by atoms with Crippen molar-refractivity contribution in [3.05, 3.63) is 46.7 Å². The number of hydrogen-bond acceptors (Lipinski definition) is 2. The first-order valence-corrected chi connectivity index (χ1v) is 7.65. The molecule has 1 aromatic heterocycles. The summed E-state index contributed by atoms with van der Waals surface area (Å²) < 4.78 is 1.94. The van der Waals surface area contributed by atoms with Crippen LogP contribution in [0.3, 0.4) is 0 Å². The molecule has 0 atom stereocenters. The molecule has 0 spiro atoms. The van der Waals surface area contributed by atoms with Crippen LogP contribution in [0, 0.1) is 13.8 Å². The third-order valence-corrected chi connectivity index (χ3v) is 3.80. The van der Waals surface area contributed by atoms with E-state index in [4.69, 9.17) is 23.8 Å². The Kier molecular flexibility index (Phi) is 5.59. The van der Waals surface area contributed by atoms with Crippen LogP contribution in [0.2, 0.25) is 5.02 Å². The lowest BCUT2D eigenvalue weighted by atomic mass is 10.2. The van der Waals surface area contributed by atoms with Gasteiger partial charge in [-0.2, -0.15) is 5.10 Å². The number of nitrogens with zero attached hydrogens (tertiary/aromatic N) is 2. The van der Waals surface area contributed by atoms with Crippen LogP contribution in [0.4, 0.5) is 5.69 Å². The summed E-state index contributed by atoms with van der Waals surface area (Å²) in [6, 6.07) is 7.73. The number of thiocarbonyl (C=S) groups is 1. The molecule has 0 unspecified atom stereocenters. The topological polar surface area (TPSA) is 41.9 Å². The number of aryl methyl sites for hydroxylation is 2. The van der Waals surface area contributed by atoms with Gasteiger partial charge in [-0.1, -0.05) is 17.7 Å². The predicted molar refractivity (Wildman–Crippen MR) is 92.0 cm³/mol. The maximum Gasteiger partial charge on any atom is 0.170 e. The lowest BCUT2D eigenvalue weighted by Gasteiger charge is -2.13. The fourth-order valence-electron chi connectivity index (χ4n) is 1.94. The van der Waals surface area contributed by atoms with Gasteiger partial charge in [0.25, 0.3) is 0 Å². The van der Waals surface area contributed by atoms with E-state index in [0.717, 1.165) is 41.5 Å². The molecule has 0 radical (unpaired) electrons. The van der Waals surface area contributed by atoms with Crippen molar-refractivity contribution in [2.45, 2.75) is 26.8 Å². The number of anilines is 1. The average Bonchev–Trinajstić information content (AvgIpc) is 2.86. The Morgan fingerprint density at radius 2 is 2.14 bits per heavy atom. The molecule has 112 valence electrons. The van der Waals surface area contributed by atoms with E-state index in [9.17, 15) is 0 Å². The van der Waals surface area contributed by atoms with E-state index >= 15 is 0 Å². The number of benzene rings is 1. The minimum Gasteiger partial charge on any atom is -0.362 e. The Bertz CT molecular complexity index is 624. The van der Waals surface area contributed by atoms with Gasteiger partial charge in [0, 0.05) is 30.0 Å². The second-order valence-corrected chi connectivity index (χ2v) is 5.68. The summed E-state index contributed by atoms with van der Waals surface area (Å²) in [5, 5.41) is 12.0. The molecule has 0 fully saturated rings. The molecule has 0 aliphatic carbocycles. The van der Waals surface area contributed by atoms with Crippen LogP contribution in [0.25, 0.3) is 0 Å². The molecule has 0 bridgehead atoms. The van der Waals surface area contributed by atoms with Gasteiger partial charge in [0.2, 0.25) is 0 Å². The first kappa shape index (κ1) is 15.8. The number of nitrogens with one attached hydrogen (secondary N) is 2. The van der Waals surface area contributed by atoms with Crippen molar-refractivity contribution in [2.24, 2.45) is 0 Å². The maximum atomic E-state index is 6.08. The number of halogens is 1. The smallest absolute Gasteiger partial charge is 0.170 e. The molecule has 1 heterocycles. The standard InChI is InChI=1S/C15H19ClN4S/c1-11-7-10-20(19-11)9-4-8-17-15(21)18-14-6-3-5-13(16)12(14)2/h3,5-7,10H,4,8-9H2,1-2H3,(H2,17,18,21). The monoisotopic (exact) mass is 322 g/mol. The van der Waals surface area contributed by atoms with Gasteiger partial charge in [-0.3, -0.25) is 4.68 Å². The summed E-state index contributed by atoms with van der Waals surface area (Å²) in [6.45, 7) is 5.62. The van der Waals surface area contributed by atoms with Crippen LogP contribution < -0.4 is 10.6 Å². The van der Waals surface area contributed by atoms with Crippen LogP contribution in [-0.2, 0) is 6.54 Å². The largest absolute Gasteiger partial charge is 0.362 e. The Morgan fingerprint density at radius 3 is 2.86 bits per heavy atom. The SMILES string of the molecule is Cc1ccn(CCCNC(=S)Nc2cccc(Cl)c2C)n1. The summed E-state index contributed by atoms with van der Waals surface area (Å²) in [5.74, 6) is 0. The van der Waals surface area contributed by atoms with Crippen molar-refractivity contribution in [1.82, 2.24) is 15.1 Å². The van der Waals surface area contributed by atoms with Gasteiger partial charge in [0.05, 0.1) is 5.69 Å². The molecule has 0 aliphatic heterocycles. The molecular weight excluding hydrogens is 304 g/mol. The highest BCUT2D eigenvalue weighted by Gasteiger charge is 2.03. The van der Waals surface area contributed by atoms with E-state index in [1.807, 2.05) is 49.0 Å². The van der Waals surface area contributed by atoms with Gasteiger partial charge in [-0.05, 0) is 56.2 Å². The molecule has 21 heavy (non-hydrogen) atoms. The molecule has 2 rings (SSSR count). The van der Waals surface area contributed by atoms with Gasteiger partial charge in [0.1, 0.15) is 0 Å². The number of rotatable bonds is 5. The zero-order valence-electron chi connectivity index (χ0n) is 12.2. The second kappa shape index (κ2) is 7.43. The van der Waals surface area contributed by atoms with Crippen LogP contribution in [0.15, 0.2) is 30.5 Å². The molecule has 0 saturated carbocycles. The van der Waals surface area contributed by atoms with Gasteiger partial charge in [-0.25, -0.2) is 0 Å². The summed E-state index contributed by atoms with van der Waals surface area (Å²) in [7, 11) is 0. The Labute approximate surface area is 135 Å². The van der Waals surface area contributed by atoms with Crippen LogP contribution in [-0.4, -0.2) is 21.4 Å². The summed E-state index contributed by atoms with van der Waals surface area (Å²) in [6.07, 6.45) is 2.94. The quantitative estimate of drug-likeness (QED) is 0.653. The molecule has 0 aliphatic rings. The van der Waals surface area contributed by atoms with Crippen molar-refractivity contribution in [1.29, 1.82) is 0 Å². The highest BCUT2D eigenvalue weighted by atomic mass is 35.5. The normalized spacial score (nSPS) is 10.4. The van der Waals surface area contributed by atoms with E-state index in [2.05, 4.69) is 15.7 Å². The summed E-state index contributed by atoms with van der Waals surface area (Å²) >= 11 is 11.4. The third kappa shape index (κ3) is 4.72. The van der Waals surface area contributed by atoms with E-state index in [1.54, 1.807) is 0 Å². The number of aromatic nitrogens is 2. The van der Waals surface area contributed by atoms with Crippen molar-refractivity contribution in [3.63, 3.8) is 0 Å².